The maximum absolute atomic E-state index is 14.4. The number of hydrogen-bond acceptors (Lipinski definition) is 3. The number of halogens is 1. The lowest BCUT2D eigenvalue weighted by atomic mass is 10.1. The van der Waals surface area contributed by atoms with Gasteiger partial charge in [-0.2, -0.15) is 0 Å². The van der Waals surface area contributed by atoms with Crippen molar-refractivity contribution in [1.29, 1.82) is 0 Å². The molecule has 1 heterocycles. The molecule has 1 fully saturated rings. The average Bonchev–Trinajstić information content (AvgIpc) is 3.37. The van der Waals surface area contributed by atoms with Crippen LogP contribution in [0.5, 0.6) is 0 Å². The first-order valence-corrected chi connectivity index (χ1v) is 7.74. The van der Waals surface area contributed by atoms with Crippen molar-refractivity contribution in [2.75, 3.05) is 19.0 Å². The first-order valence-electron chi connectivity index (χ1n) is 7.74. The fourth-order valence-corrected chi connectivity index (χ4v) is 2.53. The van der Waals surface area contributed by atoms with E-state index in [1.54, 1.807) is 23.2 Å². The van der Waals surface area contributed by atoms with E-state index >= 15 is 0 Å². The molecule has 0 bridgehead atoms. The van der Waals surface area contributed by atoms with Crippen molar-refractivity contribution in [2.24, 2.45) is 0 Å². The van der Waals surface area contributed by atoms with Crippen molar-refractivity contribution in [3.63, 3.8) is 0 Å². The summed E-state index contributed by atoms with van der Waals surface area (Å²) in [5.41, 5.74) is 1.68. The number of carbonyl (C=O) groups excluding carboxylic acids is 1. The third kappa shape index (κ3) is 3.50. The van der Waals surface area contributed by atoms with Crippen molar-refractivity contribution in [3.05, 3.63) is 59.7 Å². The number of carbonyl (C=O) groups is 1. The molecular weight excluding hydrogens is 293 g/mol. The van der Waals surface area contributed by atoms with Crippen molar-refractivity contribution in [2.45, 2.75) is 25.4 Å². The van der Waals surface area contributed by atoms with Gasteiger partial charge in [0.15, 0.2) is 0 Å². The Morgan fingerprint density at radius 2 is 2.04 bits per heavy atom. The number of rotatable bonds is 5. The molecule has 5 heteroatoms. The second-order valence-corrected chi connectivity index (χ2v) is 6.04. The fourth-order valence-electron chi connectivity index (χ4n) is 2.53. The van der Waals surface area contributed by atoms with E-state index in [1.807, 2.05) is 37.2 Å². The molecule has 1 aliphatic rings. The van der Waals surface area contributed by atoms with Gasteiger partial charge in [-0.15, -0.1) is 0 Å². The summed E-state index contributed by atoms with van der Waals surface area (Å²) < 4.78 is 14.4. The molecule has 3 rings (SSSR count). The number of anilines is 1. The van der Waals surface area contributed by atoms with Gasteiger partial charge in [-0.05, 0) is 43.2 Å². The lowest BCUT2D eigenvalue weighted by molar-refractivity contribution is 0.0723. The van der Waals surface area contributed by atoms with Gasteiger partial charge >= 0.3 is 0 Å². The van der Waals surface area contributed by atoms with Crippen LogP contribution in [0.15, 0.2) is 42.6 Å². The van der Waals surface area contributed by atoms with E-state index in [9.17, 15) is 9.18 Å². The van der Waals surface area contributed by atoms with Gasteiger partial charge in [0.1, 0.15) is 5.82 Å². The smallest absolute Gasteiger partial charge is 0.257 e. The van der Waals surface area contributed by atoms with Gasteiger partial charge in [0, 0.05) is 32.0 Å². The molecule has 2 aromatic rings. The molecule has 4 nitrogen and oxygen atoms in total. The molecule has 0 N–H and O–H groups in total. The quantitative estimate of drug-likeness (QED) is 0.851. The largest absolute Gasteiger partial charge is 0.378 e. The topological polar surface area (TPSA) is 36.4 Å². The fraction of sp³-hybridized carbons (Fsp3) is 0.333. The molecule has 0 radical (unpaired) electrons. The highest BCUT2D eigenvalue weighted by Gasteiger charge is 2.34. The lowest BCUT2D eigenvalue weighted by Gasteiger charge is -2.23. The third-order valence-electron chi connectivity index (χ3n) is 4.01. The monoisotopic (exact) mass is 313 g/mol. The molecule has 1 aromatic heterocycles. The molecule has 120 valence electrons. The molecule has 1 saturated carbocycles. The standard InChI is InChI=1S/C18H20FN3O/c1-21(2)15-8-9-16(17(19)11-15)18(23)22(14-6-7-14)12-13-5-3-4-10-20-13/h3-5,8-11,14H,6-7,12H2,1-2H3. The van der Waals surface area contributed by atoms with Crippen molar-refractivity contribution in [3.8, 4) is 0 Å². The van der Waals surface area contributed by atoms with Crippen LogP contribution in [-0.4, -0.2) is 35.9 Å². The Morgan fingerprint density at radius 1 is 1.26 bits per heavy atom. The molecule has 1 aromatic carbocycles. The average molecular weight is 313 g/mol. The Labute approximate surface area is 135 Å². The molecule has 0 atom stereocenters. The van der Waals surface area contributed by atoms with E-state index in [-0.39, 0.29) is 17.5 Å². The summed E-state index contributed by atoms with van der Waals surface area (Å²) in [6.07, 6.45) is 3.64. The maximum Gasteiger partial charge on any atom is 0.257 e. The highest BCUT2D eigenvalue weighted by atomic mass is 19.1. The number of nitrogens with zero attached hydrogens (tertiary/aromatic N) is 3. The second kappa shape index (κ2) is 6.36. The molecule has 1 amide bonds. The predicted molar refractivity (Wildman–Crippen MR) is 87.9 cm³/mol. The number of hydrogen-bond donors (Lipinski definition) is 0. The first-order chi connectivity index (χ1) is 11.1. The first kappa shape index (κ1) is 15.5. The summed E-state index contributed by atoms with van der Waals surface area (Å²) in [6.45, 7) is 0.416. The number of aromatic nitrogens is 1. The third-order valence-corrected chi connectivity index (χ3v) is 4.01. The highest BCUT2D eigenvalue weighted by Crippen LogP contribution is 2.30. The summed E-state index contributed by atoms with van der Waals surface area (Å²) >= 11 is 0. The molecule has 23 heavy (non-hydrogen) atoms. The van der Waals surface area contributed by atoms with Crippen LogP contribution in [0.1, 0.15) is 28.9 Å². The van der Waals surface area contributed by atoms with Gasteiger partial charge in [0.25, 0.3) is 5.91 Å². The Kier molecular flexibility index (Phi) is 4.28. The summed E-state index contributed by atoms with van der Waals surface area (Å²) in [4.78, 5) is 20.6. The van der Waals surface area contributed by atoms with Crippen molar-refractivity contribution < 1.29 is 9.18 Å². The number of benzene rings is 1. The van der Waals surface area contributed by atoms with Crippen molar-refractivity contribution >= 4 is 11.6 Å². The highest BCUT2D eigenvalue weighted by molar-refractivity contribution is 5.95. The summed E-state index contributed by atoms with van der Waals surface area (Å²) in [7, 11) is 3.68. The van der Waals surface area contributed by atoms with Crippen LogP contribution in [0, 0.1) is 5.82 Å². The van der Waals surface area contributed by atoms with Gasteiger partial charge in [0.05, 0.1) is 17.8 Å². The minimum Gasteiger partial charge on any atom is -0.378 e. The summed E-state index contributed by atoms with van der Waals surface area (Å²) in [5, 5.41) is 0. The van der Waals surface area contributed by atoms with Crippen LogP contribution in [-0.2, 0) is 6.54 Å². The SMILES string of the molecule is CN(C)c1ccc(C(=O)N(Cc2ccccn2)C2CC2)c(F)c1. The zero-order valence-corrected chi connectivity index (χ0v) is 13.4. The molecule has 0 spiro atoms. The lowest BCUT2D eigenvalue weighted by Crippen LogP contribution is -2.33. The Hall–Kier alpha value is -2.43. The molecule has 0 saturated heterocycles. The minimum atomic E-state index is -0.479. The zero-order valence-electron chi connectivity index (χ0n) is 13.4. The molecule has 0 unspecified atom stereocenters. The Bertz CT molecular complexity index is 699. The number of pyridine rings is 1. The van der Waals surface area contributed by atoms with Crippen LogP contribution in [0.3, 0.4) is 0 Å². The van der Waals surface area contributed by atoms with Gasteiger partial charge in [-0.25, -0.2) is 4.39 Å². The molecule has 1 aliphatic carbocycles. The van der Waals surface area contributed by atoms with Crippen LogP contribution in [0.25, 0.3) is 0 Å². The summed E-state index contributed by atoms with van der Waals surface area (Å²) in [5.74, 6) is -0.742. The van der Waals surface area contributed by atoms with Crippen LogP contribution < -0.4 is 4.90 Å². The number of amides is 1. The van der Waals surface area contributed by atoms with Gasteiger partial charge in [-0.1, -0.05) is 6.07 Å². The van der Waals surface area contributed by atoms with E-state index in [2.05, 4.69) is 4.98 Å². The van der Waals surface area contributed by atoms with Crippen LogP contribution in [0.4, 0.5) is 10.1 Å². The Balaban J connectivity index is 1.84. The van der Waals surface area contributed by atoms with E-state index < -0.39 is 5.82 Å². The van der Waals surface area contributed by atoms with Crippen molar-refractivity contribution in [1.82, 2.24) is 9.88 Å². The molecule has 0 aliphatic heterocycles. The van der Waals surface area contributed by atoms with E-state index in [0.717, 1.165) is 24.2 Å². The predicted octanol–water partition coefficient (Wildman–Crippen LogP) is 3.09. The van der Waals surface area contributed by atoms with Gasteiger partial charge < -0.3 is 9.80 Å². The van der Waals surface area contributed by atoms with E-state index in [0.29, 0.717) is 6.54 Å². The van der Waals surface area contributed by atoms with Crippen LogP contribution in [0.2, 0.25) is 0 Å². The maximum atomic E-state index is 14.4. The van der Waals surface area contributed by atoms with Gasteiger partial charge in [0.2, 0.25) is 0 Å². The zero-order chi connectivity index (χ0) is 16.4. The van der Waals surface area contributed by atoms with E-state index in [4.69, 9.17) is 0 Å². The van der Waals surface area contributed by atoms with Gasteiger partial charge in [-0.3, -0.25) is 9.78 Å². The normalized spacial score (nSPS) is 13.7. The second-order valence-electron chi connectivity index (χ2n) is 6.04. The summed E-state index contributed by atoms with van der Waals surface area (Å²) in [6, 6.07) is 10.5. The minimum absolute atomic E-state index is 0.124. The van der Waals surface area contributed by atoms with Crippen LogP contribution >= 0.6 is 0 Å². The van der Waals surface area contributed by atoms with E-state index in [1.165, 1.54) is 6.07 Å². The molecular formula is C18H20FN3O. The Morgan fingerprint density at radius 3 is 2.61 bits per heavy atom.